The Morgan fingerprint density at radius 1 is 0.886 bits per heavy atom. The average molecular weight is 485 g/mol. The Balaban J connectivity index is 0.998. The number of rotatable bonds is 7. The molecule has 1 fully saturated rings. The summed E-state index contributed by atoms with van der Waals surface area (Å²) < 4.78 is 0. The molecule has 35 heavy (non-hydrogen) atoms. The van der Waals surface area contributed by atoms with Crippen LogP contribution in [0.3, 0.4) is 0 Å². The van der Waals surface area contributed by atoms with E-state index in [1.54, 1.807) is 0 Å². The smallest absolute Gasteiger partial charge is 0.0940 e. The average Bonchev–Trinajstić information content (AvgIpc) is 3.21. The molecule has 178 valence electrons. The number of hydrogen-bond donors (Lipinski definition) is 2. The van der Waals surface area contributed by atoms with Crippen LogP contribution in [0.5, 0.6) is 0 Å². The molecule has 4 heterocycles. The second-order valence-corrected chi connectivity index (χ2v) is 9.83. The molecule has 6 nitrogen and oxygen atoms in total. The van der Waals surface area contributed by atoms with Crippen molar-refractivity contribution in [3.63, 3.8) is 0 Å². The van der Waals surface area contributed by atoms with E-state index >= 15 is 0 Å². The van der Waals surface area contributed by atoms with Gasteiger partial charge in [-0.05, 0) is 75.3 Å². The molecule has 0 unspecified atom stereocenters. The minimum atomic E-state index is 0.188. The largest absolute Gasteiger partial charge is 0.384 e. The fourth-order valence-electron chi connectivity index (χ4n) is 5.40. The molecule has 0 spiro atoms. The number of piperidine rings is 1. The summed E-state index contributed by atoms with van der Waals surface area (Å²) in [5.74, 6) is 0. The normalized spacial score (nSPS) is 16.4. The number of hydrogen-bond acceptors (Lipinski definition) is 6. The Morgan fingerprint density at radius 2 is 1.63 bits per heavy atom. The SMILES string of the molecule is Clc1ccc2c(NCCCN3CCC(NC4c5cccnc5-c5ncccc54)CC3)ccnc2c1. The van der Waals surface area contributed by atoms with Gasteiger partial charge in [-0.3, -0.25) is 15.0 Å². The molecular weight excluding hydrogens is 456 g/mol. The second-order valence-electron chi connectivity index (χ2n) is 9.40. The molecule has 2 aliphatic rings. The van der Waals surface area contributed by atoms with Crippen molar-refractivity contribution in [2.75, 3.05) is 31.5 Å². The number of pyridine rings is 3. The summed E-state index contributed by atoms with van der Waals surface area (Å²) in [5.41, 5.74) is 6.60. The van der Waals surface area contributed by atoms with Gasteiger partial charge in [0.15, 0.2) is 0 Å². The van der Waals surface area contributed by atoms with Crippen LogP contribution in [-0.4, -0.2) is 52.1 Å². The van der Waals surface area contributed by atoms with E-state index in [1.165, 1.54) is 11.1 Å². The lowest BCUT2D eigenvalue weighted by atomic mass is 10.00. The fourth-order valence-corrected chi connectivity index (χ4v) is 5.57. The molecule has 0 bridgehead atoms. The Bertz CT molecular complexity index is 1290. The van der Waals surface area contributed by atoms with Gasteiger partial charge in [0.05, 0.1) is 22.9 Å². The summed E-state index contributed by atoms with van der Waals surface area (Å²) in [6, 6.07) is 17.0. The first-order valence-electron chi connectivity index (χ1n) is 12.4. The molecule has 1 aliphatic carbocycles. The van der Waals surface area contributed by atoms with Crippen LogP contribution in [0.2, 0.25) is 5.02 Å². The van der Waals surface area contributed by atoms with Crippen LogP contribution in [0.25, 0.3) is 22.3 Å². The van der Waals surface area contributed by atoms with Gasteiger partial charge in [-0.2, -0.15) is 0 Å². The topological polar surface area (TPSA) is 66.0 Å². The summed E-state index contributed by atoms with van der Waals surface area (Å²) in [6.45, 7) is 4.30. The highest BCUT2D eigenvalue weighted by molar-refractivity contribution is 6.31. The van der Waals surface area contributed by atoms with E-state index < -0.39 is 0 Å². The van der Waals surface area contributed by atoms with E-state index in [2.05, 4.69) is 42.6 Å². The fraction of sp³-hybridized carbons (Fsp3) is 0.321. The van der Waals surface area contributed by atoms with Crippen molar-refractivity contribution >= 4 is 28.2 Å². The number of halogens is 1. The Labute approximate surface area is 210 Å². The highest BCUT2D eigenvalue weighted by atomic mass is 35.5. The predicted octanol–water partition coefficient (Wildman–Crippen LogP) is 5.30. The van der Waals surface area contributed by atoms with Gasteiger partial charge in [-0.15, -0.1) is 0 Å². The van der Waals surface area contributed by atoms with Crippen LogP contribution >= 0.6 is 11.6 Å². The third-order valence-corrected chi connectivity index (χ3v) is 7.42. The number of aromatic nitrogens is 3. The molecule has 0 amide bonds. The summed E-state index contributed by atoms with van der Waals surface area (Å²) in [5, 5.41) is 9.35. The van der Waals surface area contributed by atoms with Gasteiger partial charge < -0.3 is 15.5 Å². The van der Waals surface area contributed by atoms with E-state index in [-0.39, 0.29) is 6.04 Å². The lowest BCUT2D eigenvalue weighted by Gasteiger charge is -2.34. The van der Waals surface area contributed by atoms with Gasteiger partial charge in [0.1, 0.15) is 0 Å². The van der Waals surface area contributed by atoms with Crippen molar-refractivity contribution in [3.8, 4) is 11.4 Å². The Morgan fingerprint density at radius 3 is 2.37 bits per heavy atom. The summed E-state index contributed by atoms with van der Waals surface area (Å²) in [4.78, 5) is 16.2. The van der Waals surface area contributed by atoms with Gasteiger partial charge >= 0.3 is 0 Å². The van der Waals surface area contributed by atoms with Crippen LogP contribution in [0, 0.1) is 0 Å². The Hall–Kier alpha value is -3.06. The zero-order valence-corrected chi connectivity index (χ0v) is 20.4. The number of anilines is 1. The van der Waals surface area contributed by atoms with Crippen LogP contribution in [-0.2, 0) is 0 Å². The number of fused-ring (bicyclic) bond motifs is 4. The van der Waals surface area contributed by atoms with E-state index in [0.717, 1.165) is 78.4 Å². The third-order valence-electron chi connectivity index (χ3n) is 7.19. The quantitative estimate of drug-likeness (QED) is 0.347. The first kappa shape index (κ1) is 22.4. The minimum absolute atomic E-state index is 0.188. The van der Waals surface area contributed by atoms with Crippen molar-refractivity contribution in [1.82, 2.24) is 25.2 Å². The number of benzene rings is 1. The standard InChI is InChI=1S/C28H29ClN6/c29-19-6-7-21-24(8-14-31-25(21)18-19)30-13-3-15-35-16-9-20(10-17-35)34-26-22-4-1-11-32-27(22)28-23(26)5-2-12-33-28/h1-2,4-8,11-12,14,18,20,26,34H,3,9-10,13,15-17H2,(H,30,31). The molecule has 1 aliphatic heterocycles. The molecule has 1 saturated heterocycles. The van der Waals surface area contributed by atoms with E-state index in [1.807, 2.05) is 55.0 Å². The molecule has 3 aromatic heterocycles. The van der Waals surface area contributed by atoms with Gasteiger partial charge in [0, 0.05) is 58.4 Å². The molecule has 0 saturated carbocycles. The lowest BCUT2D eigenvalue weighted by molar-refractivity contribution is 0.193. The molecule has 0 atom stereocenters. The third kappa shape index (κ3) is 4.61. The molecule has 7 heteroatoms. The summed E-state index contributed by atoms with van der Waals surface area (Å²) in [6.07, 6.45) is 8.98. The summed E-state index contributed by atoms with van der Waals surface area (Å²) >= 11 is 6.11. The first-order valence-corrected chi connectivity index (χ1v) is 12.8. The van der Waals surface area contributed by atoms with E-state index in [0.29, 0.717) is 6.04 Å². The van der Waals surface area contributed by atoms with Crippen LogP contribution in [0.15, 0.2) is 67.1 Å². The highest BCUT2D eigenvalue weighted by Gasteiger charge is 2.32. The molecular formula is C28H29ClN6. The van der Waals surface area contributed by atoms with Crippen molar-refractivity contribution in [2.24, 2.45) is 0 Å². The zero-order valence-electron chi connectivity index (χ0n) is 19.6. The maximum atomic E-state index is 6.11. The van der Waals surface area contributed by atoms with Gasteiger partial charge in [-0.1, -0.05) is 23.7 Å². The lowest BCUT2D eigenvalue weighted by Crippen LogP contribution is -2.44. The van der Waals surface area contributed by atoms with Gasteiger partial charge in [0.25, 0.3) is 0 Å². The van der Waals surface area contributed by atoms with E-state index in [9.17, 15) is 0 Å². The van der Waals surface area contributed by atoms with E-state index in [4.69, 9.17) is 11.6 Å². The number of nitrogens with zero attached hydrogens (tertiary/aromatic N) is 4. The zero-order chi connectivity index (χ0) is 23.6. The molecule has 4 aromatic rings. The van der Waals surface area contributed by atoms with Gasteiger partial charge in [-0.25, -0.2) is 0 Å². The number of nitrogens with one attached hydrogen (secondary N) is 2. The monoisotopic (exact) mass is 484 g/mol. The van der Waals surface area contributed by atoms with Crippen LogP contribution < -0.4 is 10.6 Å². The van der Waals surface area contributed by atoms with Crippen LogP contribution in [0.1, 0.15) is 36.4 Å². The second kappa shape index (κ2) is 9.90. The minimum Gasteiger partial charge on any atom is -0.384 e. The maximum Gasteiger partial charge on any atom is 0.0940 e. The van der Waals surface area contributed by atoms with Crippen molar-refractivity contribution in [2.45, 2.75) is 31.3 Å². The van der Waals surface area contributed by atoms with Crippen LogP contribution in [0.4, 0.5) is 5.69 Å². The van der Waals surface area contributed by atoms with Crippen molar-refractivity contribution in [1.29, 1.82) is 0 Å². The predicted molar refractivity (Wildman–Crippen MR) is 142 cm³/mol. The molecule has 6 rings (SSSR count). The highest BCUT2D eigenvalue weighted by Crippen LogP contribution is 2.41. The van der Waals surface area contributed by atoms with Gasteiger partial charge in [0.2, 0.25) is 0 Å². The van der Waals surface area contributed by atoms with Crippen molar-refractivity contribution < 1.29 is 0 Å². The molecule has 1 aromatic carbocycles. The van der Waals surface area contributed by atoms with Crippen molar-refractivity contribution in [3.05, 3.63) is 83.3 Å². The summed E-state index contributed by atoms with van der Waals surface area (Å²) in [7, 11) is 0. The first-order chi connectivity index (χ1) is 17.3. The molecule has 2 N–H and O–H groups in total. The Kier molecular flexibility index (Phi) is 6.34. The number of likely N-dealkylation sites (tertiary alicyclic amines) is 1. The molecule has 0 radical (unpaired) electrons. The maximum absolute atomic E-state index is 6.11.